The molecule has 0 aliphatic carbocycles. The molecule has 0 atom stereocenters. The Morgan fingerprint density at radius 3 is 2.57 bits per heavy atom. The highest BCUT2D eigenvalue weighted by atomic mass is 16.5. The molecule has 0 spiro atoms. The molecule has 4 aromatic rings. The normalized spacial score (nSPS) is 17.5. The van der Waals surface area contributed by atoms with Crippen LogP contribution in [0.15, 0.2) is 42.6 Å². The van der Waals surface area contributed by atoms with Crippen LogP contribution in [-0.4, -0.2) is 74.4 Å². The predicted molar refractivity (Wildman–Crippen MR) is 131 cm³/mol. The molecule has 2 aliphatic rings. The highest BCUT2D eigenvalue weighted by Gasteiger charge is 2.34. The van der Waals surface area contributed by atoms with Crippen LogP contribution in [-0.2, 0) is 11.8 Å². The van der Waals surface area contributed by atoms with E-state index in [4.69, 9.17) is 14.5 Å². The Kier molecular flexibility index (Phi) is 5.58. The lowest BCUT2D eigenvalue weighted by Crippen LogP contribution is -2.52. The van der Waals surface area contributed by atoms with Crippen LogP contribution in [0.2, 0.25) is 0 Å². The number of hydrogen-bond acceptors (Lipinski definition) is 8. The van der Waals surface area contributed by atoms with E-state index in [2.05, 4.69) is 20.2 Å². The van der Waals surface area contributed by atoms with E-state index in [1.807, 2.05) is 43.6 Å². The smallest absolute Gasteiger partial charge is 0.153 e. The number of methoxy groups -OCH3 is 1. The van der Waals surface area contributed by atoms with E-state index >= 15 is 0 Å². The van der Waals surface area contributed by atoms with Crippen LogP contribution in [0.3, 0.4) is 0 Å². The number of hydrogen-bond donors (Lipinski definition) is 1. The first kappa shape index (κ1) is 21.9. The van der Waals surface area contributed by atoms with Gasteiger partial charge < -0.3 is 14.6 Å². The highest BCUT2D eigenvalue weighted by Crippen LogP contribution is 2.35. The number of ether oxygens (including phenoxy) is 2. The molecular formula is C26H28N6O3. The second kappa shape index (κ2) is 8.90. The number of phenols is 1. The number of nitrogens with zero attached hydrogens (tertiary/aromatic N) is 6. The Bertz CT molecular complexity index is 1360. The molecule has 9 nitrogen and oxygen atoms in total. The second-order valence-electron chi connectivity index (χ2n) is 9.32. The molecule has 5 heterocycles. The molecule has 0 unspecified atom stereocenters. The molecule has 2 fully saturated rings. The zero-order valence-electron chi connectivity index (χ0n) is 19.9. The molecule has 0 radical (unpaired) electrons. The number of likely N-dealkylation sites (tertiary alicyclic amines) is 1. The summed E-state index contributed by atoms with van der Waals surface area (Å²) in [5.41, 5.74) is 5.21. The minimum absolute atomic E-state index is 0.130. The Morgan fingerprint density at radius 2 is 1.86 bits per heavy atom. The summed E-state index contributed by atoms with van der Waals surface area (Å²) in [7, 11) is 3.46. The molecule has 3 aromatic heterocycles. The van der Waals surface area contributed by atoms with Gasteiger partial charge in [0.25, 0.3) is 0 Å². The van der Waals surface area contributed by atoms with Gasteiger partial charge in [0.15, 0.2) is 11.3 Å². The van der Waals surface area contributed by atoms with Gasteiger partial charge in [-0.15, -0.1) is 0 Å². The topological polar surface area (TPSA) is 98.4 Å². The lowest BCUT2D eigenvalue weighted by molar-refractivity contribution is 0.000892. The van der Waals surface area contributed by atoms with Gasteiger partial charge in [0.2, 0.25) is 0 Å². The summed E-state index contributed by atoms with van der Waals surface area (Å²) in [4.78, 5) is 7.22. The van der Waals surface area contributed by atoms with Gasteiger partial charge >= 0.3 is 0 Å². The highest BCUT2D eigenvalue weighted by molar-refractivity contribution is 5.85. The summed E-state index contributed by atoms with van der Waals surface area (Å²) in [6.45, 7) is 3.78. The second-order valence-corrected chi connectivity index (χ2v) is 9.32. The van der Waals surface area contributed by atoms with Crippen molar-refractivity contribution in [2.45, 2.75) is 24.8 Å². The summed E-state index contributed by atoms with van der Waals surface area (Å²) in [6, 6.07) is 11.9. The third-order valence-corrected chi connectivity index (χ3v) is 7.06. The van der Waals surface area contributed by atoms with Crippen LogP contribution < -0.4 is 4.74 Å². The number of fused-ring (bicyclic) bond motifs is 1. The number of benzene rings is 1. The van der Waals surface area contributed by atoms with Gasteiger partial charge in [-0.3, -0.25) is 9.58 Å². The van der Waals surface area contributed by atoms with Crippen LogP contribution in [0.1, 0.15) is 24.5 Å². The van der Waals surface area contributed by atoms with E-state index in [-0.39, 0.29) is 5.75 Å². The van der Waals surface area contributed by atoms with Crippen molar-refractivity contribution in [3.8, 4) is 34.0 Å². The maximum absolute atomic E-state index is 10.8. The largest absolute Gasteiger partial charge is 0.507 e. The monoisotopic (exact) mass is 472 g/mol. The van der Waals surface area contributed by atoms with Crippen LogP contribution in [0.25, 0.3) is 33.5 Å². The third-order valence-electron chi connectivity index (χ3n) is 7.06. The molecule has 1 N–H and O–H groups in total. The maximum Gasteiger partial charge on any atom is 0.153 e. The Morgan fingerprint density at radius 1 is 1.03 bits per heavy atom. The van der Waals surface area contributed by atoms with Crippen LogP contribution >= 0.6 is 0 Å². The van der Waals surface area contributed by atoms with E-state index in [0.717, 1.165) is 55.9 Å². The Labute approximate surface area is 203 Å². The summed E-state index contributed by atoms with van der Waals surface area (Å²) in [5.74, 6) is 1.19. The van der Waals surface area contributed by atoms with Crippen molar-refractivity contribution in [3.05, 3.63) is 48.3 Å². The van der Waals surface area contributed by atoms with Crippen molar-refractivity contribution in [2.75, 3.05) is 33.4 Å². The Balaban J connectivity index is 1.19. The van der Waals surface area contributed by atoms with Crippen molar-refractivity contribution < 1.29 is 14.6 Å². The van der Waals surface area contributed by atoms with E-state index in [1.54, 1.807) is 17.9 Å². The van der Waals surface area contributed by atoms with Crippen molar-refractivity contribution in [2.24, 2.45) is 7.05 Å². The summed E-state index contributed by atoms with van der Waals surface area (Å²) >= 11 is 0. The minimum atomic E-state index is 0.130. The van der Waals surface area contributed by atoms with Gasteiger partial charge in [-0.05, 0) is 37.1 Å². The number of aromatic nitrogens is 5. The molecular weight excluding hydrogens is 444 g/mol. The first-order valence-electron chi connectivity index (χ1n) is 12.0. The SMILES string of the molecule is COc1cc(-c2ccc(-c3ccc(C4CN(C5CCOCC5)C4)nn3)c(O)c2)nc2cn(C)nc12. The molecule has 0 bridgehead atoms. The maximum atomic E-state index is 10.8. The van der Waals surface area contributed by atoms with Crippen molar-refractivity contribution in [1.29, 1.82) is 0 Å². The predicted octanol–water partition coefficient (Wildman–Crippen LogP) is 3.38. The lowest BCUT2D eigenvalue weighted by atomic mass is 9.91. The number of aromatic hydroxyl groups is 1. The van der Waals surface area contributed by atoms with Gasteiger partial charge in [-0.1, -0.05) is 6.07 Å². The zero-order chi connectivity index (χ0) is 23.9. The molecule has 9 heteroatoms. The summed E-state index contributed by atoms with van der Waals surface area (Å²) < 4.78 is 12.7. The fourth-order valence-corrected chi connectivity index (χ4v) is 5.05. The van der Waals surface area contributed by atoms with E-state index < -0.39 is 0 Å². The number of phenolic OH excluding ortho intramolecular Hbond substituents is 1. The van der Waals surface area contributed by atoms with Crippen molar-refractivity contribution >= 4 is 11.0 Å². The fraction of sp³-hybridized carbons (Fsp3) is 0.385. The standard InChI is InChI=1S/C26H28N6O3/c1-31-15-23-26(30-31)25(34-2)12-22(27-23)16-3-4-19(24(33)11-16)21-6-5-20(28-29-21)17-13-32(14-17)18-7-9-35-10-8-18/h3-6,11-12,15,17-18,33H,7-10,13-14H2,1-2H3. The fourth-order valence-electron chi connectivity index (χ4n) is 5.05. The molecule has 0 saturated carbocycles. The van der Waals surface area contributed by atoms with Crippen LogP contribution in [0.5, 0.6) is 11.5 Å². The average Bonchev–Trinajstić information content (AvgIpc) is 3.24. The van der Waals surface area contributed by atoms with Gasteiger partial charge in [-0.2, -0.15) is 15.3 Å². The van der Waals surface area contributed by atoms with Gasteiger partial charge in [0.1, 0.15) is 11.3 Å². The molecule has 6 rings (SSSR count). The Hall–Kier alpha value is -3.56. The zero-order valence-corrected chi connectivity index (χ0v) is 19.9. The number of aryl methyl sites for hydroxylation is 1. The summed E-state index contributed by atoms with van der Waals surface area (Å²) in [6.07, 6.45) is 4.08. The van der Waals surface area contributed by atoms with Gasteiger partial charge in [0.05, 0.1) is 30.4 Å². The van der Waals surface area contributed by atoms with E-state index in [0.29, 0.717) is 40.2 Å². The number of pyridine rings is 1. The summed E-state index contributed by atoms with van der Waals surface area (Å²) in [5, 5.41) is 24.1. The molecule has 2 saturated heterocycles. The molecule has 2 aliphatic heterocycles. The van der Waals surface area contributed by atoms with Crippen molar-refractivity contribution in [1.82, 2.24) is 29.9 Å². The molecule has 1 aromatic carbocycles. The lowest BCUT2D eigenvalue weighted by Gasteiger charge is -2.45. The van der Waals surface area contributed by atoms with Gasteiger partial charge in [0, 0.05) is 62.5 Å². The quantitative estimate of drug-likeness (QED) is 0.472. The minimum Gasteiger partial charge on any atom is -0.507 e. The van der Waals surface area contributed by atoms with Gasteiger partial charge in [-0.25, -0.2) is 4.98 Å². The molecule has 0 amide bonds. The number of rotatable bonds is 5. The van der Waals surface area contributed by atoms with Crippen LogP contribution in [0.4, 0.5) is 0 Å². The first-order valence-corrected chi connectivity index (χ1v) is 12.0. The molecule has 180 valence electrons. The molecule has 35 heavy (non-hydrogen) atoms. The van der Waals surface area contributed by atoms with E-state index in [1.165, 1.54) is 0 Å². The first-order chi connectivity index (χ1) is 17.1. The van der Waals surface area contributed by atoms with Crippen molar-refractivity contribution in [3.63, 3.8) is 0 Å². The van der Waals surface area contributed by atoms with E-state index in [9.17, 15) is 5.11 Å². The third kappa shape index (κ3) is 4.11. The average molecular weight is 473 g/mol. The van der Waals surface area contributed by atoms with Crippen LogP contribution in [0, 0.1) is 0 Å².